The zero-order chi connectivity index (χ0) is 12.3. The molecule has 6 heteroatoms. The van der Waals surface area contributed by atoms with E-state index in [0.717, 1.165) is 0 Å². The largest absolute Gasteiger partial charge is 0.480 e. The highest BCUT2D eigenvalue weighted by Crippen LogP contribution is 2.13. The Morgan fingerprint density at radius 2 is 2.12 bits per heavy atom. The Morgan fingerprint density at radius 3 is 2.50 bits per heavy atom. The Balaban J connectivity index is 2.73. The van der Waals surface area contributed by atoms with Gasteiger partial charge in [0.15, 0.2) is 5.76 Å². The third-order valence-electron chi connectivity index (χ3n) is 2.01. The number of carbonyl (C=O) groups excluding carboxylic acids is 1. The van der Waals surface area contributed by atoms with Crippen molar-refractivity contribution in [1.29, 1.82) is 0 Å². The molecule has 0 aromatic carbocycles. The van der Waals surface area contributed by atoms with Crippen molar-refractivity contribution in [3.05, 3.63) is 23.1 Å². The molecule has 1 aromatic rings. The van der Waals surface area contributed by atoms with Gasteiger partial charge in [-0.25, -0.2) is 4.79 Å². The van der Waals surface area contributed by atoms with Crippen molar-refractivity contribution in [2.75, 3.05) is 0 Å². The summed E-state index contributed by atoms with van der Waals surface area (Å²) in [4.78, 5) is 22.4. The molecular weight excluding hydrogens is 234 g/mol. The normalized spacial score (nSPS) is 12.5. The minimum absolute atomic E-state index is 0.00287. The van der Waals surface area contributed by atoms with Gasteiger partial charge in [-0.3, -0.25) is 4.79 Å². The fraction of sp³-hybridized carbons (Fsp3) is 0.400. The average Bonchev–Trinajstić information content (AvgIpc) is 2.59. The van der Waals surface area contributed by atoms with Crippen LogP contribution in [0.3, 0.4) is 0 Å². The first-order valence-corrected chi connectivity index (χ1v) is 5.07. The number of carboxylic acids is 1. The zero-order valence-electron chi connectivity index (χ0n) is 8.86. The molecule has 16 heavy (non-hydrogen) atoms. The lowest BCUT2D eigenvalue weighted by Crippen LogP contribution is -2.44. The van der Waals surface area contributed by atoms with Gasteiger partial charge in [0, 0.05) is 6.07 Å². The van der Waals surface area contributed by atoms with Crippen molar-refractivity contribution in [3.8, 4) is 0 Å². The molecule has 0 aliphatic carbocycles. The molecule has 2 N–H and O–H groups in total. The van der Waals surface area contributed by atoms with E-state index in [2.05, 4.69) is 5.32 Å². The average molecular weight is 246 g/mol. The Kier molecular flexibility index (Phi) is 3.95. The molecule has 1 aromatic heterocycles. The van der Waals surface area contributed by atoms with Crippen LogP contribution in [-0.4, -0.2) is 23.0 Å². The van der Waals surface area contributed by atoms with Gasteiger partial charge in [0.1, 0.15) is 12.3 Å². The highest BCUT2D eigenvalue weighted by atomic mass is 35.5. The molecule has 0 unspecified atom stereocenters. The van der Waals surface area contributed by atoms with Crippen molar-refractivity contribution < 1.29 is 19.1 Å². The van der Waals surface area contributed by atoms with Gasteiger partial charge in [-0.05, 0) is 5.92 Å². The lowest BCUT2D eigenvalue weighted by atomic mass is 10.0. The Labute approximate surface area is 97.4 Å². The fourth-order valence-electron chi connectivity index (χ4n) is 1.16. The maximum absolute atomic E-state index is 11.6. The fourth-order valence-corrected chi connectivity index (χ4v) is 1.30. The van der Waals surface area contributed by atoms with Gasteiger partial charge >= 0.3 is 5.97 Å². The summed E-state index contributed by atoms with van der Waals surface area (Å²) in [6.07, 6.45) is 1.21. The molecule has 1 amide bonds. The number of carbonyl (C=O) groups is 2. The van der Waals surface area contributed by atoms with Crippen LogP contribution in [0.1, 0.15) is 24.4 Å². The molecule has 1 rings (SSSR count). The number of furan rings is 1. The maximum atomic E-state index is 11.6. The van der Waals surface area contributed by atoms with Gasteiger partial charge in [0.25, 0.3) is 5.91 Å². The summed E-state index contributed by atoms with van der Waals surface area (Å²) in [6, 6.07) is 0.382. The smallest absolute Gasteiger partial charge is 0.326 e. The summed E-state index contributed by atoms with van der Waals surface area (Å²) in [5.74, 6) is -1.89. The van der Waals surface area contributed by atoms with Crippen molar-refractivity contribution >= 4 is 23.5 Å². The number of carboxylic acid groups (broad SMARTS) is 1. The van der Waals surface area contributed by atoms with Gasteiger partial charge in [-0.1, -0.05) is 25.4 Å². The lowest BCUT2D eigenvalue weighted by Gasteiger charge is -2.16. The van der Waals surface area contributed by atoms with Crippen LogP contribution in [0.2, 0.25) is 5.02 Å². The summed E-state index contributed by atoms with van der Waals surface area (Å²) >= 11 is 5.58. The van der Waals surface area contributed by atoms with E-state index in [1.165, 1.54) is 12.3 Å². The van der Waals surface area contributed by atoms with Crippen LogP contribution in [0.4, 0.5) is 0 Å². The van der Waals surface area contributed by atoms with Crippen LogP contribution in [0.5, 0.6) is 0 Å². The Morgan fingerprint density at radius 1 is 1.50 bits per heavy atom. The molecule has 0 radical (unpaired) electrons. The van der Waals surface area contributed by atoms with Crippen LogP contribution >= 0.6 is 11.6 Å². The summed E-state index contributed by atoms with van der Waals surface area (Å²) in [7, 11) is 0. The van der Waals surface area contributed by atoms with Crippen molar-refractivity contribution in [1.82, 2.24) is 5.32 Å². The minimum Gasteiger partial charge on any atom is -0.480 e. The highest BCUT2D eigenvalue weighted by Gasteiger charge is 2.25. The standard InChI is InChI=1S/C10H12ClNO4/c1-5(2)8(10(14)15)12-9(13)7-3-6(11)4-16-7/h3-5,8H,1-2H3,(H,12,13)(H,14,15)/t8-/m0/s1. The van der Waals surface area contributed by atoms with Crippen molar-refractivity contribution in [2.24, 2.45) is 5.92 Å². The molecule has 0 aliphatic rings. The Bertz CT molecular complexity index is 399. The molecule has 0 saturated heterocycles. The summed E-state index contributed by atoms with van der Waals surface area (Å²) < 4.78 is 4.85. The number of halogens is 1. The lowest BCUT2D eigenvalue weighted by molar-refractivity contribution is -0.140. The van der Waals surface area contributed by atoms with E-state index in [-0.39, 0.29) is 11.7 Å². The number of nitrogens with one attached hydrogen (secondary N) is 1. The zero-order valence-corrected chi connectivity index (χ0v) is 9.62. The molecule has 1 heterocycles. The van der Waals surface area contributed by atoms with E-state index in [1.54, 1.807) is 13.8 Å². The SMILES string of the molecule is CC(C)[C@H](NC(=O)c1cc(Cl)co1)C(=O)O. The topological polar surface area (TPSA) is 79.5 Å². The van der Waals surface area contributed by atoms with E-state index in [4.69, 9.17) is 21.1 Å². The molecule has 0 bridgehead atoms. The van der Waals surface area contributed by atoms with E-state index in [1.807, 2.05) is 0 Å². The molecular formula is C10H12ClNO4. The van der Waals surface area contributed by atoms with Crippen LogP contribution in [0.15, 0.2) is 16.7 Å². The monoisotopic (exact) mass is 245 g/mol. The third-order valence-corrected chi connectivity index (χ3v) is 2.21. The summed E-state index contributed by atoms with van der Waals surface area (Å²) in [5.41, 5.74) is 0. The van der Waals surface area contributed by atoms with Gasteiger partial charge in [-0.2, -0.15) is 0 Å². The van der Waals surface area contributed by atoms with E-state index >= 15 is 0 Å². The number of hydrogen-bond acceptors (Lipinski definition) is 3. The van der Waals surface area contributed by atoms with E-state index < -0.39 is 17.9 Å². The van der Waals surface area contributed by atoms with E-state index in [0.29, 0.717) is 5.02 Å². The van der Waals surface area contributed by atoms with Crippen LogP contribution < -0.4 is 5.32 Å². The minimum atomic E-state index is -1.08. The highest BCUT2D eigenvalue weighted by molar-refractivity contribution is 6.30. The van der Waals surface area contributed by atoms with Crippen molar-refractivity contribution in [2.45, 2.75) is 19.9 Å². The second-order valence-electron chi connectivity index (χ2n) is 3.66. The van der Waals surface area contributed by atoms with Crippen LogP contribution in [-0.2, 0) is 4.79 Å². The first-order chi connectivity index (χ1) is 7.41. The molecule has 88 valence electrons. The number of hydrogen-bond donors (Lipinski definition) is 2. The molecule has 0 fully saturated rings. The Hall–Kier alpha value is -1.49. The predicted molar refractivity (Wildman–Crippen MR) is 57.4 cm³/mol. The van der Waals surface area contributed by atoms with Gasteiger partial charge in [0.05, 0.1) is 5.02 Å². The van der Waals surface area contributed by atoms with Crippen molar-refractivity contribution in [3.63, 3.8) is 0 Å². The van der Waals surface area contributed by atoms with E-state index in [9.17, 15) is 9.59 Å². The van der Waals surface area contributed by atoms with Crippen LogP contribution in [0.25, 0.3) is 0 Å². The molecule has 0 saturated carbocycles. The number of amides is 1. The summed E-state index contributed by atoms with van der Waals surface area (Å²) in [6.45, 7) is 3.41. The first kappa shape index (κ1) is 12.6. The molecule has 0 aliphatic heterocycles. The van der Waals surface area contributed by atoms with Gasteiger partial charge < -0.3 is 14.8 Å². The predicted octanol–water partition coefficient (Wildman–Crippen LogP) is 1.77. The molecule has 0 spiro atoms. The molecule has 5 nitrogen and oxygen atoms in total. The van der Waals surface area contributed by atoms with Crippen LogP contribution in [0, 0.1) is 5.92 Å². The second kappa shape index (κ2) is 5.03. The quantitative estimate of drug-likeness (QED) is 0.847. The van der Waals surface area contributed by atoms with Gasteiger partial charge in [-0.15, -0.1) is 0 Å². The number of aliphatic carboxylic acids is 1. The third kappa shape index (κ3) is 3.00. The second-order valence-corrected chi connectivity index (χ2v) is 4.10. The van der Waals surface area contributed by atoms with Gasteiger partial charge in [0.2, 0.25) is 0 Å². The number of rotatable bonds is 4. The summed E-state index contributed by atoms with van der Waals surface area (Å²) in [5, 5.41) is 11.5. The molecule has 1 atom stereocenters. The maximum Gasteiger partial charge on any atom is 0.326 e. The first-order valence-electron chi connectivity index (χ1n) is 4.69.